The first-order valence-electron chi connectivity index (χ1n) is 9.70. The number of rotatable bonds is 6. The van der Waals surface area contributed by atoms with Crippen molar-refractivity contribution in [1.82, 2.24) is 10.6 Å². The number of carbonyl (C=O) groups is 2. The van der Waals surface area contributed by atoms with Crippen LogP contribution in [0.25, 0.3) is 0 Å². The average molecular weight is 474 g/mol. The quantitative estimate of drug-likeness (QED) is 0.558. The van der Waals surface area contributed by atoms with Crippen LogP contribution in [-0.4, -0.2) is 37.0 Å². The zero-order valence-electron chi connectivity index (χ0n) is 16.6. The number of halogens is 5. The summed E-state index contributed by atoms with van der Waals surface area (Å²) in [5, 5.41) is 8.14. The normalized spacial score (nSPS) is 18.7. The molecule has 0 saturated carbocycles. The molecule has 6 nitrogen and oxygen atoms in total. The van der Waals surface area contributed by atoms with Crippen molar-refractivity contribution in [3.8, 4) is 5.75 Å². The van der Waals surface area contributed by atoms with E-state index < -0.39 is 35.4 Å². The van der Waals surface area contributed by atoms with Gasteiger partial charge in [0.2, 0.25) is 5.91 Å². The Balaban J connectivity index is 1.43. The molecule has 2 atom stereocenters. The third-order valence-corrected chi connectivity index (χ3v) is 5.12. The lowest BCUT2D eigenvalue weighted by molar-refractivity contribution is -0.137. The molecule has 0 aromatic heterocycles. The molecule has 0 aliphatic carbocycles. The van der Waals surface area contributed by atoms with Crippen molar-refractivity contribution in [1.29, 1.82) is 0 Å². The number of alkyl halides is 3. The van der Waals surface area contributed by atoms with E-state index in [9.17, 15) is 27.2 Å². The molecular weight excluding hydrogens is 454 g/mol. The molecule has 172 valence electrons. The molecule has 2 aromatic carbocycles. The Hall–Kier alpha value is -2.85. The first-order chi connectivity index (χ1) is 15.1. The first kappa shape index (κ1) is 23.8. The Morgan fingerprint density at radius 3 is 2.59 bits per heavy atom. The summed E-state index contributed by atoms with van der Waals surface area (Å²) >= 11 is 5.59. The number of benzene rings is 2. The van der Waals surface area contributed by atoms with E-state index in [1.54, 1.807) is 0 Å². The van der Waals surface area contributed by atoms with Crippen LogP contribution in [-0.2, 0) is 15.8 Å². The molecule has 0 radical (unpaired) electrons. The van der Waals surface area contributed by atoms with Crippen molar-refractivity contribution in [3.63, 3.8) is 0 Å². The summed E-state index contributed by atoms with van der Waals surface area (Å²) in [6.45, 7) is -0.0287. The molecule has 2 amide bonds. The topological polar surface area (TPSA) is 79.5 Å². The fourth-order valence-corrected chi connectivity index (χ4v) is 3.31. The molecule has 0 bridgehead atoms. The fourth-order valence-electron chi connectivity index (χ4n) is 3.19. The lowest BCUT2D eigenvalue weighted by Crippen LogP contribution is -2.53. The molecule has 1 fully saturated rings. The molecule has 0 spiro atoms. The minimum absolute atomic E-state index is 0.0536. The van der Waals surface area contributed by atoms with E-state index in [0.29, 0.717) is 19.4 Å². The Bertz CT molecular complexity index is 979. The van der Waals surface area contributed by atoms with Gasteiger partial charge in [0.1, 0.15) is 11.6 Å². The van der Waals surface area contributed by atoms with E-state index in [-0.39, 0.29) is 29.1 Å². The second-order valence-electron chi connectivity index (χ2n) is 7.24. The number of amides is 2. The molecule has 1 heterocycles. The maximum atomic E-state index is 13.4. The van der Waals surface area contributed by atoms with Gasteiger partial charge in [-0.3, -0.25) is 9.59 Å². The molecule has 1 aliphatic heterocycles. The standard InChI is InChI=1S/C21H20ClF4N3O3/c22-16-6-5-15(9-17(16)23)32-11-19(30)28-14-4-7-18(27-10-14)20(31)29-13-3-1-2-12(8-13)21(24,25)26/h1-3,5-6,8-9,14,18,27H,4,7,10-11H2,(H,28,30)(H,29,31)/t14-,18+/m1/s1. The smallest absolute Gasteiger partial charge is 0.416 e. The van der Waals surface area contributed by atoms with Gasteiger partial charge in [-0.2, -0.15) is 13.2 Å². The Kier molecular flexibility index (Phi) is 7.57. The van der Waals surface area contributed by atoms with Crippen molar-refractivity contribution in [3.05, 3.63) is 58.9 Å². The third-order valence-electron chi connectivity index (χ3n) is 4.81. The van der Waals surface area contributed by atoms with Gasteiger partial charge in [0.25, 0.3) is 5.91 Å². The number of piperidine rings is 1. The Morgan fingerprint density at radius 2 is 1.94 bits per heavy atom. The van der Waals surface area contributed by atoms with Gasteiger partial charge in [0.15, 0.2) is 6.61 Å². The van der Waals surface area contributed by atoms with E-state index in [2.05, 4.69) is 16.0 Å². The van der Waals surface area contributed by atoms with Crippen molar-refractivity contribution in [2.75, 3.05) is 18.5 Å². The van der Waals surface area contributed by atoms with Gasteiger partial charge < -0.3 is 20.7 Å². The Morgan fingerprint density at radius 1 is 1.16 bits per heavy atom. The maximum Gasteiger partial charge on any atom is 0.416 e. The summed E-state index contributed by atoms with van der Waals surface area (Å²) in [4.78, 5) is 24.4. The number of nitrogens with one attached hydrogen (secondary N) is 3. The van der Waals surface area contributed by atoms with E-state index in [4.69, 9.17) is 16.3 Å². The summed E-state index contributed by atoms with van der Waals surface area (Å²) in [6, 6.07) is 7.37. The van der Waals surface area contributed by atoms with Gasteiger partial charge in [-0.25, -0.2) is 4.39 Å². The number of hydrogen-bond acceptors (Lipinski definition) is 4. The fraction of sp³-hybridized carbons (Fsp3) is 0.333. The monoisotopic (exact) mass is 473 g/mol. The van der Waals surface area contributed by atoms with Crippen molar-refractivity contribution in [2.24, 2.45) is 0 Å². The lowest BCUT2D eigenvalue weighted by atomic mass is 10.00. The zero-order valence-corrected chi connectivity index (χ0v) is 17.4. The largest absolute Gasteiger partial charge is 0.484 e. The number of carbonyl (C=O) groups excluding carboxylic acids is 2. The highest BCUT2D eigenvalue weighted by Gasteiger charge is 2.31. The van der Waals surface area contributed by atoms with Crippen LogP contribution < -0.4 is 20.7 Å². The summed E-state index contributed by atoms with van der Waals surface area (Å²) in [6.07, 6.45) is -3.64. The summed E-state index contributed by atoms with van der Waals surface area (Å²) in [5.41, 5.74) is -0.795. The van der Waals surface area contributed by atoms with E-state index >= 15 is 0 Å². The van der Waals surface area contributed by atoms with Crippen molar-refractivity contribution < 1.29 is 31.9 Å². The number of hydrogen-bond donors (Lipinski definition) is 3. The van der Waals surface area contributed by atoms with Gasteiger partial charge in [0.05, 0.1) is 16.6 Å². The van der Waals surface area contributed by atoms with E-state index in [0.717, 1.165) is 18.2 Å². The number of ether oxygens (including phenoxy) is 1. The van der Waals surface area contributed by atoms with Crippen LogP contribution in [0.1, 0.15) is 18.4 Å². The second kappa shape index (κ2) is 10.2. The molecule has 1 aliphatic rings. The third kappa shape index (κ3) is 6.57. The predicted octanol–water partition coefficient (Wildman–Crippen LogP) is 3.75. The van der Waals surface area contributed by atoms with Crippen molar-refractivity contribution in [2.45, 2.75) is 31.1 Å². The predicted molar refractivity (Wildman–Crippen MR) is 110 cm³/mol. The van der Waals surface area contributed by atoms with Crippen LogP contribution in [0.15, 0.2) is 42.5 Å². The molecule has 11 heteroatoms. The molecule has 2 aromatic rings. The van der Waals surface area contributed by atoms with Gasteiger partial charge in [-0.15, -0.1) is 0 Å². The van der Waals surface area contributed by atoms with E-state index in [1.165, 1.54) is 24.3 Å². The van der Waals surface area contributed by atoms with Gasteiger partial charge in [-0.1, -0.05) is 17.7 Å². The van der Waals surface area contributed by atoms with Crippen LogP contribution >= 0.6 is 11.6 Å². The van der Waals surface area contributed by atoms with Gasteiger partial charge >= 0.3 is 6.18 Å². The molecular formula is C21H20ClF4N3O3. The SMILES string of the molecule is O=C(COc1ccc(Cl)c(F)c1)N[C@@H]1CC[C@@H](C(=O)Nc2cccc(C(F)(F)F)c2)NC1. The van der Waals surface area contributed by atoms with Gasteiger partial charge in [-0.05, 0) is 43.2 Å². The summed E-state index contributed by atoms with van der Waals surface area (Å²) in [5.74, 6) is -1.37. The minimum Gasteiger partial charge on any atom is -0.484 e. The highest BCUT2D eigenvalue weighted by atomic mass is 35.5. The minimum atomic E-state index is -4.50. The van der Waals surface area contributed by atoms with Crippen LogP contribution in [0, 0.1) is 5.82 Å². The highest BCUT2D eigenvalue weighted by Crippen LogP contribution is 2.30. The molecule has 32 heavy (non-hydrogen) atoms. The first-order valence-corrected chi connectivity index (χ1v) is 10.1. The second-order valence-corrected chi connectivity index (χ2v) is 7.64. The number of anilines is 1. The van der Waals surface area contributed by atoms with Crippen LogP contribution in [0.4, 0.5) is 23.2 Å². The molecule has 3 N–H and O–H groups in total. The van der Waals surface area contributed by atoms with Crippen LogP contribution in [0.5, 0.6) is 5.75 Å². The Labute approximate surface area is 186 Å². The summed E-state index contributed by atoms with van der Waals surface area (Å²) < 4.78 is 57.0. The lowest BCUT2D eigenvalue weighted by Gasteiger charge is -2.29. The summed E-state index contributed by atoms with van der Waals surface area (Å²) in [7, 11) is 0. The molecule has 1 saturated heterocycles. The van der Waals surface area contributed by atoms with Gasteiger partial charge in [0, 0.05) is 24.3 Å². The average Bonchev–Trinajstić information content (AvgIpc) is 2.74. The highest BCUT2D eigenvalue weighted by molar-refractivity contribution is 6.30. The van der Waals surface area contributed by atoms with Crippen molar-refractivity contribution >= 4 is 29.1 Å². The van der Waals surface area contributed by atoms with Crippen LogP contribution in [0.2, 0.25) is 5.02 Å². The van der Waals surface area contributed by atoms with E-state index in [1.807, 2.05) is 0 Å². The van der Waals surface area contributed by atoms with Crippen LogP contribution in [0.3, 0.4) is 0 Å². The zero-order chi connectivity index (χ0) is 23.3. The molecule has 0 unspecified atom stereocenters. The molecule has 3 rings (SSSR count). The maximum absolute atomic E-state index is 13.4.